The number of nitrogens with two attached hydrogens (primary N) is 1. The minimum Gasteiger partial charge on any atom is -0.468 e. The van der Waals surface area contributed by atoms with Crippen LogP contribution < -0.4 is 11.1 Å². The molecule has 3 amide bonds. The molecule has 0 radical (unpaired) electrons. The molecule has 0 rings (SSSR count). The van der Waals surface area contributed by atoms with E-state index in [1.54, 1.807) is 18.7 Å². The first kappa shape index (κ1) is 17.6. The quantitative estimate of drug-likeness (QED) is 0.603. The van der Waals surface area contributed by atoms with Gasteiger partial charge in [-0.2, -0.15) is 11.8 Å². The van der Waals surface area contributed by atoms with Crippen molar-refractivity contribution in [3.63, 3.8) is 0 Å². The van der Waals surface area contributed by atoms with Gasteiger partial charge in [0.05, 0.1) is 7.11 Å². The number of primary amides is 1. The monoisotopic (exact) mass is 291 g/mol. The van der Waals surface area contributed by atoms with E-state index in [-0.39, 0.29) is 12.5 Å². The number of nitrogens with zero attached hydrogens (tertiary/aromatic N) is 1. The molecule has 0 aliphatic rings. The summed E-state index contributed by atoms with van der Waals surface area (Å²) in [7, 11) is 1.26. The summed E-state index contributed by atoms with van der Waals surface area (Å²) in [6, 6.07) is -1.47. The van der Waals surface area contributed by atoms with Crippen molar-refractivity contribution in [1.82, 2.24) is 10.2 Å². The van der Waals surface area contributed by atoms with Gasteiger partial charge in [-0.1, -0.05) is 0 Å². The molecule has 7 nitrogen and oxygen atoms in total. The maximum Gasteiger partial charge on any atom is 0.325 e. The molecule has 0 bridgehead atoms. The Kier molecular flexibility index (Phi) is 8.77. The first-order chi connectivity index (χ1) is 8.96. The van der Waals surface area contributed by atoms with Crippen LogP contribution in [-0.4, -0.2) is 61.1 Å². The standard InChI is InChI=1S/C11H21N3O4S/c1-4-14(7-9(15)18-2)10(16)8(5-6-19-3)13-11(12)17/h8H,4-7H2,1-3H3,(H3,12,13,17). The Hall–Kier alpha value is -1.44. The van der Waals surface area contributed by atoms with Crippen molar-refractivity contribution in [2.45, 2.75) is 19.4 Å². The molecular weight excluding hydrogens is 270 g/mol. The molecule has 0 saturated carbocycles. The summed E-state index contributed by atoms with van der Waals surface area (Å²) in [6.07, 6.45) is 2.36. The first-order valence-corrected chi connectivity index (χ1v) is 7.26. The van der Waals surface area contributed by atoms with Crippen LogP contribution in [0.2, 0.25) is 0 Å². The molecule has 1 atom stereocenters. The molecule has 19 heavy (non-hydrogen) atoms. The molecular formula is C11H21N3O4S. The molecule has 8 heteroatoms. The predicted molar refractivity (Wildman–Crippen MR) is 73.8 cm³/mol. The zero-order chi connectivity index (χ0) is 14.8. The Bertz CT molecular complexity index is 325. The van der Waals surface area contributed by atoms with E-state index in [0.29, 0.717) is 18.7 Å². The zero-order valence-corrected chi connectivity index (χ0v) is 12.3. The van der Waals surface area contributed by atoms with Gasteiger partial charge in [-0.3, -0.25) is 9.59 Å². The number of carbonyl (C=O) groups excluding carboxylic acids is 3. The number of esters is 1. The molecule has 0 fully saturated rings. The highest BCUT2D eigenvalue weighted by atomic mass is 32.2. The number of thioether (sulfide) groups is 1. The number of urea groups is 1. The van der Waals surface area contributed by atoms with E-state index in [9.17, 15) is 14.4 Å². The van der Waals surface area contributed by atoms with Crippen molar-refractivity contribution in [3.8, 4) is 0 Å². The second kappa shape index (κ2) is 9.48. The summed E-state index contributed by atoms with van der Waals surface area (Å²) in [5.41, 5.74) is 5.05. The molecule has 3 N–H and O–H groups in total. The minimum atomic E-state index is -0.756. The molecule has 0 aliphatic heterocycles. The van der Waals surface area contributed by atoms with Gasteiger partial charge in [-0.05, 0) is 25.4 Å². The third-order valence-corrected chi connectivity index (χ3v) is 3.11. The highest BCUT2D eigenvalue weighted by molar-refractivity contribution is 7.98. The molecule has 0 aromatic rings. The number of nitrogens with one attached hydrogen (secondary N) is 1. The van der Waals surface area contributed by atoms with Gasteiger partial charge >= 0.3 is 12.0 Å². The molecule has 0 aliphatic carbocycles. The lowest BCUT2D eigenvalue weighted by Crippen LogP contribution is -2.51. The minimum absolute atomic E-state index is 0.137. The smallest absolute Gasteiger partial charge is 0.325 e. The highest BCUT2D eigenvalue weighted by Crippen LogP contribution is 2.05. The second-order valence-electron chi connectivity index (χ2n) is 3.77. The lowest BCUT2D eigenvalue weighted by atomic mass is 10.2. The number of likely N-dealkylation sites (N-methyl/N-ethyl adjacent to an activating group) is 1. The van der Waals surface area contributed by atoms with Crippen LogP contribution in [0.4, 0.5) is 4.79 Å². The summed E-state index contributed by atoms with van der Waals surface area (Å²) in [5, 5.41) is 2.40. The third kappa shape index (κ3) is 6.90. The van der Waals surface area contributed by atoms with Gasteiger partial charge in [0, 0.05) is 6.54 Å². The normalized spacial score (nSPS) is 11.5. The molecule has 1 unspecified atom stereocenters. The summed E-state index contributed by atoms with van der Waals surface area (Å²) >= 11 is 1.56. The van der Waals surface area contributed by atoms with Crippen LogP contribution in [0.5, 0.6) is 0 Å². The van der Waals surface area contributed by atoms with Crippen LogP contribution in [0.1, 0.15) is 13.3 Å². The predicted octanol–water partition coefficient (Wildman–Crippen LogP) is -0.202. The van der Waals surface area contributed by atoms with Gasteiger partial charge < -0.3 is 20.7 Å². The fourth-order valence-electron chi connectivity index (χ4n) is 1.45. The summed E-state index contributed by atoms with van der Waals surface area (Å²) < 4.78 is 4.53. The number of hydrogen-bond acceptors (Lipinski definition) is 5. The van der Waals surface area contributed by atoms with E-state index in [0.717, 1.165) is 0 Å². The van der Waals surface area contributed by atoms with Crippen molar-refractivity contribution >= 4 is 29.7 Å². The van der Waals surface area contributed by atoms with E-state index < -0.39 is 18.0 Å². The Morgan fingerprint density at radius 2 is 2.05 bits per heavy atom. The molecule has 0 aromatic carbocycles. The maximum atomic E-state index is 12.2. The van der Waals surface area contributed by atoms with Crippen LogP contribution in [0.3, 0.4) is 0 Å². The molecule has 110 valence electrons. The first-order valence-electron chi connectivity index (χ1n) is 5.86. The number of ether oxygens (including phenoxy) is 1. The fraction of sp³-hybridized carbons (Fsp3) is 0.727. The second-order valence-corrected chi connectivity index (χ2v) is 4.76. The summed E-state index contributed by atoms with van der Waals surface area (Å²) in [5.74, 6) is -0.134. The molecule has 0 aromatic heterocycles. The lowest BCUT2D eigenvalue weighted by Gasteiger charge is -2.25. The van der Waals surface area contributed by atoms with E-state index in [1.807, 2.05) is 6.26 Å². The average Bonchev–Trinajstić information content (AvgIpc) is 2.39. The van der Waals surface area contributed by atoms with Crippen LogP contribution in [-0.2, 0) is 14.3 Å². The van der Waals surface area contributed by atoms with Crippen molar-refractivity contribution in [2.75, 3.05) is 32.2 Å². The number of rotatable bonds is 8. The number of carbonyl (C=O) groups is 3. The molecule has 0 spiro atoms. The molecule has 0 saturated heterocycles. The summed E-state index contributed by atoms with van der Waals surface area (Å²) in [4.78, 5) is 35.7. The number of hydrogen-bond donors (Lipinski definition) is 2. The van der Waals surface area contributed by atoms with Crippen LogP contribution >= 0.6 is 11.8 Å². The highest BCUT2D eigenvalue weighted by Gasteiger charge is 2.25. The lowest BCUT2D eigenvalue weighted by molar-refractivity contribution is -0.147. The van der Waals surface area contributed by atoms with Crippen molar-refractivity contribution in [2.24, 2.45) is 5.73 Å². The van der Waals surface area contributed by atoms with Gasteiger partial charge in [-0.15, -0.1) is 0 Å². The van der Waals surface area contributed by atoms with Crippen molar-refractivity contribution in [1.29, 1.82) is 0 Å². The van der Waals surface area contributed by atoms with E-state index in [1.165, 1.54) is 12.0 Å². The third-order valence-electron chi connectivity index (χ3n) is 2.47. The fourth-order valence-corrected chi connectivity index (χ4v) is 1.92. The average molecular weight is 291 g/mol. The van der Waals surface area contributed by atoms with Gasteiger partial charge in [0.25, 0.3) is 0 Å². The van der Waals surface area contributed by atoms with E-state index in [2.05, 4.69) is 10.1 Å². The Morgan fingerprint density at radius 1 is 1.42 bits per heavy atom. The summed E-state index contributed by atoms with van der Waals surface area (Å²) in [6.45, 7) is 1.96. The Balaban J connectivity index is 4.71. The van der Waals surface area contributed by atoms with Gasteiger partial charge in [0.15, 0.2) is 0 Å². The Labute approximate surface area is 117 Å². The van der Waals surface area contributed by atoms with Crippen molar-refractivity contribution in [3.05, 3.63) is 0 Å². The zero-order valence-electron chi connectivity index (χ0n) is 11.5. The SMILES string of the molecule is CCN(CC(=O)OC)C(=O)C(CCSC)NC(N)=O. The largest absolute Gasteiger partial charge is 0.468 e. The van der Waals surface area contributed by atoms with E-state index >= 15 is 0 Å². The van der Waals surface area contributed by atoms with E-state index in [4.69, 9.17) is 5.73 Å². The maximum absolute atomic E-state index is 12.2. The van der Waals surface area contributed by atoms with Gasteiger partial charge in [0.2, 0.25) is 5.91 Å². The van der Waals surface area contributed by atoms with Crippen LogP contribution in [0.25, 0.3) is 0 Å². The topological polar surface area (TPSA) is 102 Å². The van der Waals surface area contributed by atoms with Crippen molar-refractivity contribution < 1.29 is 19.1 Å². The van der Waals surface area contributed by atoms with Gasteiger partial charge in [-0.25, -0.2) is 4.79 Å². The van der Waals surface area contributed by atoms with Crippen LogP contribution in [0.15, 0.2) is 0 Å². The number of methoxy groups -OCH3 is 1. The van der Waals surface area contributed by atoms with Gasteiger partial charge in [0.1, 0.15) is 12.6 Å². The molecule has 0 heterocycles. The Morgan fingerprint density at radius 3 is 2.47 bits per heavy atom. The van der Waals surface area contributed by atoms with Crippen LogP contribution in [0, 0.1) is 0 Å². The number of amides is 3.